The molecule has 1 aliphatic carbocycles. The second-order valence-electron chi connectivity index (χ2n) is 5.81. The Labute approximate surface area is 122 Å². The van der Waals surface area contributed by atoms with E-state index in [0.717, 1.165) is 5.92 Å². The van der Waals surface area contributed by atoms with Crippen LogP contribution in [0.15, 0.2) is 48.5 Å². The Hall–Kier alpha value is -1.60. The van der Waals surface area contributed by atoms with Gasteiger partial charge in [-0.2, -0.15) is 0 Å². The van der Waals surface area contributed by atoms with Crippen molar-refractivity contribution < 1.29 is 0 Å². The van der Waals surface area contributed by atoms with E-state index in [2.05, 4.69) is 60.8 Å². The van der Waals surface area contributed by atoms with Crippen LogP contribution in [0.3, 0.4) is 0 Å². The van der Waals surface area contributed by atoms with Gasteiger partial charge in [0.05, 0.1) is 0 Å². The number of rotatable bonds is 4. The first kappa shape index (κ1) is 13.4. The van der Waals surface area contributed by atoms with Crippen molar-refractivity contribution in [1.29, 1.82) is 0 Å². The molecule has 20 heavy (non-hydrogen) atoms. The molecule has 104 valence electrons. The maximum atomic E-state index is 3.37. The van der Waals surface area contributed by atoms with Gasteiger partial charge in [-0.1, -0.05) is 55.0 Å². The van der Waals surface area contributed by atoms with Crippen molar-refractivity contribution in [1.82, 2.24) is 5.32 Å². The lowest BCUT2D eigenvalue weighted by Crippen LogP contribution is -2.14. The monoisotopic (exact) mass is 265 g/mol. The zero-order valence-corrected chi connectivity index (χ0v) is 12.4. The minimum absolute atomic E-state index is 0.376. The van der Waals surface area contributed by atoms with Gasteiger partial charge in [0.1, 0.15) is 0 Å². The Bertz CT molecular complexity index is 538. The highest BCUT2D eigenvalue weighted by molar-refractivity contribution is 5.72. The number of hydrogen-bond donors (Lipinski definition) is 1. The fourth-order valence-corrected chi connectivity index (χ4v) is 3.09. The zero-order chi connectivity index (χ0) is 13.9. The van der Waals surface area contributed by atoms with E-state index in [1.807, 2.05) is 7.05 Å². The van der Waals surface area contributed by atoms with E-state index in [9.17, 15) is 0 Å². The molecule has 0 amide bonds. The van der Waals surface area contributed by atoms with Crippen molar-refractivity contribution in [2.24, 2.45) is 0 Å². The van der Waals surface area contributed by atoms with Crippen LogP contribution in [0.25, 0.3) is 11.1 Å². The summed E-state index contributed by atoms with van der Waals surface area (Å²) in [5.74, 6) is 0.768. The van der Waals surface area contributed by atoms with Crippen LogP contribution >= 0.6 is 0 Å². The molecule has 2 aromatic carbocycles. The van der Waals surface area contributed by atoms with Crippen molar-refractivity contribution in [3.8, 4) is 11.1 Å². The van der Waals surface area contributed by atoms with Gasteiger partial charge in [-0.05, 0) is 55.0 Å². The minimum Gasteiger partial charge on any atom is -0.313 e. The predicted octanol–water partition coefficient (Wildman–Crippen LogP) is 4.90. The van der Waals surface area contributed by atoms with Gasteiger partial charge in [0.2, 0.25) is 0 Å². The molecule has 0 aromatic heterocycles. The summed E-state index contributed by atoms with van der Waals surface area (Å²) in [6, 6.07) is 18.1. The van der Waals surface area contributed by atoms with Crippen molar-refractivity contribution in [3.63, 3.8) is 0 Å². The highest BCUT2D eigenvalue weighted by Gasteiger charge is 2.23. The summed E-state index contributed by atoms with van der Waals surface area (Å²) in [4.78, 5) is 0. The third kappa shape index (κ3) is 2.38. The molecule has 2 aromatic rings. The highest BCUT2D eigenvalue weighted by Crippen LogP contribution is 2.42. The summed E-state index contributed by atoms with van der Waals surface area (Å²) in [6.45, 7) is 2.23. The summed E-state index contributed by atoms with van der Waals surface area (Å²) in [6.07, 6.45) is 4.08. The standard InChI is InChI=1S/C19H23N/c1-14(20-2)16-10-3-5-12-18(16)19-13-6-4-11-17(19)15-8-7-9-15/h3-6,10-15,20H,7-9H2,1-2H3. The van der Waals surface area contributed by atoms with E-state index in [0.29, 0.717) is 6.04 Å². The lowest BCUT2D eigenvalue weighted by atomic mass is 9.76. The third-order valence-corrected chi connectivity index (χ3v) is 4.66. The maximum Gasteiger partial charge on any atom is 0.0295 e. The van der Waals surface area contributed by atoms with Crippen LogP contribution in [0.2, 0.25) is 0 Å². The van der Waals surface area contributed by atoms with Crippen LogP contribution in [0.4, 0.5) is 0 Å². The van der Waals surface area contributed by atoms with Crippen LogP contribution in [0.1, 0.15) is 49.3 Å². The lowest BCUT2D eigenvalue weighted by Gasteiger charge is -2.29. The van der Waals surface area contributed by atoms with Crippen LogP contribution in [-0.4, -0.2) is 7.05 Å². The van der Waals surface area contributed by atoms with E-state index in [1.54, 1.807) is 0 Å². The van der Waals surface area contributed by atoms with E-state index in [-0.39, 0.29) is 0 Å². The summed E-state index contributed by atoms with van der Waals surface area (Å²) >= 11 is 0. The van der Waals surface area contributed by atoms with Crippen LogP contribution in [0.5, 0.6) is 0 Å². The molecule has 0 bridgehead atoms. The molecule has 1 atom stereocenters. The normalized spacial score (nSPS) is 16.7. The summed E-state index contributed by atoms with van der Waals surface area (Å²) in [7, 11) is 2.03. The van der Waals surface area contributed by atoms with Gasteiger partial charge in [0.25, 0.3) is 0 Å². The van der Waals surface area contributed by atoms with Gasteiger partial charge in [-0.3, -0.25) is 0 Å². The van der Waals surface area contributed by atoms with Crippen molar-refractivity contribution in [3.05, 3.63) is 59.7 Å². The summed E-state index contributed by atoms with van der Waals surface area (Å²) < 4.78 is 0. The van der Waals surface area contributed by atoms with Gasteiger partial charge in [-0.25, -0.2) is 0 Å². The minimum atomic E-state index is 0.376. The molecule has 0 heterocycles. The Kier molecular flexibility index (Phi) is 3.88. The average Bonchev–Trinajstić information content (AvgIpc) is 2.45. The molecule has 1 heteroatoms. The Morgan fingerprint density at radius 1 is 0.950 bits per heavy atom. The van der Waals surface area contributed by atoms with E-state index in [4.69, 9.17) is 0 Å². The molecule has 0 aliphatic heterocycles. The molecule has 1 fully saturated rings. The van der Waals surface area contributed by atoms with Crippen molar-refractivity contribution in [2.45, 2.75) is 38.1 Å². The molecule has 0 spiro atoms. The number of hydrogen-bond acceptors (Lipinski definition) is 1. The fraction of sp³-hybridized carbons (Fsp3) is 0.368. The van der Waals surface area contributed by atoms with E-state index < -0.39 is 0 Å². The SMILES string of the molecule is CNC(C)c1ccccc1-c1ccccc1C1CCC1. The molecule has 1 saturated carbocycles. The molecular formula is C19H23N. The van der Waals surface area contributed by atoms with E-state index in [1.165, 1.54) is 41.5 Å². The third-order valence-electron chi connectivity index (χ3n) is 4.66. The van der Waals surface area contributed by atoms with Gasteiger partial charge in [0, 0.05) is 6.04 Å². The van der Waals surface area contributed by atoms with Crippen LogP contribution in [-0.2, 0) is 0 Å². The summed E-state index contributed by atoms with van der Waals surface area (Å²) in [5.41, 5.74) is 5.74. The molecule has 1 aliphatic rings. The molecule has 1 N–H and O–H groups in total. The Morgan fingerprint density at radius 2 is 1.60 bits per heavy atom. The average molecular weight is 265 g/mol. The maximum absolute atomic E-state index is 3.37. The van der Waals surface area contributed by atoms with Gasteiger partial charge in [-0.15, -0.1) is 0 Å². The number of benzene rings is 2. The van der Waals surface area contributed by atoms with Crippen LogP contribution in [0, 0.1) is 0 Å². The molecule has 1 nitrogen and oxygen atoms in total. The van der Waals surface area contributed by atoms with Gasteiger partial charge < -0.3 is 5.32 Å². The van der Waals surface area contributed by atoms with Crippen molar-refractivity contribution in [2.75, 3.05) is 7.05 Å². The smallest absolute Gasteiger partial charge is 0.0295 e. The topological polar surface area (TPSA) is 12.0 Å². The zero-order valence-electron chi connectivity index (χ0n) is 12.4. The molecule has 1 unspecified atom stereocenters. The second-order valence-corrected chi connectivity index (χ2v) is 5.81. The first-order valence-electron chi connectivity index (χ1n) is 7.66. The van der Waals surface area contributed by atoms with Crippen LogP contribution < -0.4 is 5.32 Å². The first-order valence-corrected chi connectivity index (χ1v) is 7.66. The van der Waals surface area contributed by atoms with E-state index >= 15 is 0 Å². The van der Waals surface area contributed by atoms with Gasteiger partial charge >= 0.3 is 0 Å². The quantitative estimate of drug-likeness (QED) is 0.829. The summed E-state index contributed by atoms with van der Waals surface area (Å²) in [5, 5.41) is 3.37. The predicted molar refractivity (Wildman–Crippen MR) is 85.9 cm³/mol. The van der Waals surface area contributed by atoms with Crippen molar-refractivity contribution >= 4 is 0 Å². The highest BCUT2D eigenvalue weighted by atomic mass is 14.9. The second kappa shape index (κ2) is 5.80. The largest absolute Gasteiger partial charge is 0.313 e. The first-order chi connectivity index (χ1) is 9.81. The van der Waals surface area contributed by atoms with Gasteiger partial charge in [0.15, 0.2) is 0 Å². The molecule has 0 radical (unpaired) electrons. The number of nitrogens with one attached hydrogen (secondary N) is 1. The fourth-order valence-electron chi connectivity index (χ4n) is 3.09. The Balaban J connectivity index is 2.09. The molecule has 0 saturated heterocycles. The molecule has 3 rings (SSSR count). The lowest BCUT2D eigenvalue weighted by molar-refractivity contribution is 0.420. The molecular weight excluding hydrogens is 242 g/mol. The Morgan fingerprint density at radius 3 is 2.25 bits per heavy atom.